The van der Waals surface area contributed by atoms with Crippen LogP contribution in [0.3, 0.4) is 0 Å². The normalized spacial score (nSPS) is 10.6. The standard InChI is InChI=1S/C9H10N2O2/c1-6-7(5-10)9(13-11-6)8-3-2-4-12-8/h2-4H,5,10H2,1H3. The summed E-state index contributed by atoms with van der Waals surface area (Å²) in [4.78, 5) is 0. The zero-order chi connectivity index (χ0) is 9.26. The number of hydrogen-bond acceptors (Lipinski definition) is 4. The summed E-state index contributed by atoms with van der Waals surface area (Å²) in [6.07, 6.45) is 1.59. The molecule has 2 N–H and O–H groups in total. The van der Waals surface area contributed by atoms with E-state index in [0.29, 0.717) is 18.1 Å². The van der Waals surface area contributed by atoms with Crippen LogP contribution in [0.2, 0.25) is 0 Å². The van der Waals surface area contributed by atoms with Crippen LogP contribution in [0.5, 0.6) is 0 Å². The topological polar surface area (TPSA) is 65.2 Å². The first-order valence-electron chi connectivity index (χ1n) is 4.02. The Morgan fingerprint density at radius 2 is 2.38 bits per heavy atom. The molecule has 0 fully saturated rings. The lowest BCUT2D eigenvalue weighted by molar-refractivity contribution is 0.413. The van der Waals surface area contributed by atoms with Gasteiger partial charge in [-0.3, -0.25) is 0 Å². The summed E-state index contributed by atoms with van der Waals surface area (Å²) >= 11 is 0. The van der Waals surface area contributed by atoms with Crippen LogP contribution in [0.15, 0.2) is 27.3 Å². The van der Waals surface area contributed by atoms with Gasteiger partial charge in [0, 0.05) is 12.1 Å². The van der Waals surface area contributed by atoms with Crippen LogP contribution in [0.25, 0.3) is 11.5 Å². The second kappa shape index (κ2) is 3.06. The van der Waals surface area contributed by atoms with Gasteiger partial charge in [0.05, 0.1) is 12.0 Å². The molecular formula is C9H10N2O2. The molecule has 0 saturated heterocycles. The third-order valence-electron chi connectivity index (χ3n) is 1.93. The van der Waals surface area contributed by atoms with Gasteiger partial charge in [0.25, 0.3) is 0 Å². The monoisotopic (exact) mass is 178 g/mol. The molecule has 4 nitrogen and oxygen atoms in total. The number of nitrogens with two attached hydrogens (primary N) is 1. The third-order valence-corrected chi connectivity index (χ3v) is 1.93. The van der Waals surface area contributed by atoms with Gasteiger partial charge in [-0.1, -0.05) is 5.16 Å². The van der Waals surface area contributed by atoms with Crippen molar-refractivity contribution >= 4 is 0 Å². The average molecular weight is 178 g/mol. The van der Waals surface area contributed by atoms with Gasteiger partial charge in [0.2, 0.25) is 5.76 Å². The predicted molar refractivity (Wildman–Crippen MR) is 46.8 cm³/mol. The highest BCUT2D eigenvalue weighted by Crippen LogP contribution is 2.25. The molecule has 13 heavy (non-hydrogen) atoms. The van der Waals surface area contributed by atoms with Crippen LogP contribution >= 0.6 is 0 Å². The molecule has 0 aliphatic carbocycles. The molecular weight excluding hydrogens is 168 g/mol. The van der Waals surface area contributed by atoms with Crippen molar-refractivity contribution in [3.05, 3.63) is 29.7 Å². The van der Waals surface area contributed by atoms with Crippen molar-refractivity contribution in [2.24, 2.45) is 5.73 Å². The zero-order valence-corrected chi connectivity index (χ0v) is 7.28. The molecule has 0 saturated carbocycles. The number of aryl methyl sites for hydroxylation is 1. The van der Waals surface area contributed by atoms with E-state index in [4.69, 9.17) is 14.7 Å². The van der Waals surface area contributed by atoms with Gasteiger partial charge < -0.3 is 14.7 Å². The van der Waals surface area contributed by atoms with E-state index < -0.39 is 0 Å². The molecule has 0 aliphatic heterocycles. The minimum atomic E-state index is 0.408. The van der Waals surface area contributed by atoms with Crippen LogP contribution in [0.1, 0.15) is 11.3 Å². The number of rotatable bonds is 2. The highest BCUT2D eigenvalue weighted by Gasteiger charge is 2.14. The van der Waals surface area contributed by atoms with Gasteiger partial charge >= 0.3 is 0 Å². The maximum Gasteiger partial charge on any atom is 0.206 e. The van der Waals surface area contributed by atoms with Crippen LogP contribution in [-0.2, 0) is 6.54 Å². The van der Waals surface area contributed by atoms with Gasteiger partial charge in [-0.05, 0) is 19.1 Å². The summed E-state index contributed by atoms with van der Waals surface area (Å²) in [5.74, 6) is 1.30. The molecule has 68 valence electrons. The summed E-state index contributed by atoms with van der Waals surface area (Å²) in [6, 6.07) is 3.62. The van der Waals surface area contributed by atoms with Crippen molar-refractivity contribution in [1.82, 2.24) is 5.16 Å². The van der Waals surface area contributed by atoms with E-state index >= 15 is 0 Å². The lowest BCUT2D eigenvalue weighted by Gasteiger charge is -1.93. The second-order valence-electron chi connectivity index (χ2n) is 2.76. The first kappa shape index (κ1) is 8.07. The number of aromatic nitrogens is 1. The van der Waals surface area contributed by atoms with Crippen LogP contribution in [0, 0.1) is 6.92 Å². The largest absolute Gasteiger partial charge is 0.461 e. The maximum absolute atomic E-state index is 5.56. The molecule has 0 atom stereocenters. The van der Waals surface area contributed by atoms with Crippen molar-refractivity contribution in [2.45, 2.75) is 13.5 Å². The molecule has 2 rings (SSSR count). The van der Waals surface area contributed by atoms with E-state index in [9.17, 15) is 0 Å². The van der Waals surface area contributed by atoms with E-state index in [1.807, 2.05) is 13.0 Å². The van der Waals surface area contributed by atoms with Crippen molar-refractivity contribution in [3.63, 3.8) is 0 Å². The molecule has 2 aromatic heterocycles. The fourth-order valence-corrected chi connectivity index (χ4v) is 1.23. The average Bonchev–Trinajstić information content (AvgIpc) is 2.71. The quantitative estimate of drug-likeness (QED) is 0.760. The molecule has 4 heteroatoms. The molecule has 2 aromatic rings. The lowest BCUT2D eigenvalue weighted by atomic mass is 10.2. The summed E-state index contributed by atoms with van der Waals surface area (Å²) in [5, 5.41) is 3.83. The molecule has 0 unspecified atom stereocenters. The Labute approximate surface area is 75.3 Å². The highest BCUT2D eigenvalue weighted by molar-refractivity contribution is 5.55. The Balaban J connectivity index is 2.52. The Hall–Kier alpha value is -1.55. The fourth-order valence-electron chi connectivity index (χ4n) is 1.23. The highest BCUT2D eigenvalue weighted by atomic mass is 16.5. The number of furan rings is 1. The molecule has 0 radical (unpaired) electrons. The summed E-state index contributed by atoms with van der Waals surface area (Å²) in [6.45, 7) is 2.27. The van der Waals surface area contributed by atoms with Gasteiger partial charge in [-0.25, -0.2) is 0 Å². The smallest absolute Gasteiger partial charge is 0.206 e. The van der Waals surface area contributed by atoms with Crippen LogP contribution in [0.4, 0.5) is 0 Å². The zero-order valence-electron chi connectivity index (χ0n) is 7.28. The van der Waals surface area contributed by atoms with Crippen molar-refractivity contribution < 1.29 is 8.94 Å². The van der Waals surface area contributed by atoms with Gasteiger partial charge in [0.15, 0.2) is 5.76 Å². The molecule has 0 amide bonds. The predicted octanol–water partition coefficient (Wildman–Crippen LogP) is 1.70. The van der Waals surface area contributed by atoms with Gasteiger partial charge in [0.1, 0.15) is 0 Å². The Kier molecular flexibility index (Phi) is 1.90. The SMILES string of the molecule is Cc1noc(-c2ccco2)c1CN. The molecule has 2 heterocycles. The minimum absolute atomic E-state index is 0.408. The second-order valence-corrected chi connectivity index (χ2v) is 2.76. The number of hydrogen-bond donors (Lipinski definition) is 1. The van der Waals surface area contributed by atoms with E-state index in [1.165, 1.54) is 0 Å². The maximum atomic E-state index is 5.56. The Morgan fingerprint density at radius 1 is 1.54 bits per heavy atom. The Morgan fingerprint density at radius 3 is 3.00 bits per heavy atom. The summed E-state index contributed by atoms with van der Waals surface area (Å²) in [5.41, 5.74) is 7.27. The summed E-state index contributed by atoms with van der Waals surface area (Å²) in [7, 11) is 0. The minimum Gasteiger partial charge on any atom is -0.461 e. The van der Waals surface area contributed by atoms with Crippen LogP contribution < -0.4 is 5.73 Å². The van der Waals surface area contributed by atoms with Gasteiger partial charge in [-0.15, -0.1) is 0 Å². The van der Waals surface area contributed by atoms with E-state index in [2.05, 4.69) is 5.16 Å². The Bertz CT molecular complexity index is 390. The van der Waals surface area contributed by atoms with Crippen molar-refractivity contribution in [2.75, 3.05) is 0 Å². The fraction of sp³-hybridized carbons (Fsp3) is 0.222. The first-order chi connectivity index (χ1) is 6.33. The first-order valence-corrected chi connectivity index (χ1v) is 4.02. The van der Waals surface area contributed by atoms with Crippen molar-refractivity contribution in [1.29, 1.82) is 0 Å². The number of nitrogens with zero attached hydrogens (tertiary/aromatic N) is 1. The summed E-state index contributed by atoms with van der Waals surface area (Å²) < 4.78 is 10.3. The van der Waals surface area contributed by atoms with Crippen molar-refractivity contribution in [3.8, 4) is 11.5 Å². The lowest BCUT2D eigenvalue weighted by Crippen LogP contribution is -1.98. The van der Waals surface area contributed by atoms with Gasteiger partial charge in [-0.2, -0.15) is 0 Å². The van der Waals surface area contributed by atoms with E-state index in [0.717, 1.165) is 11.3 Å². The van der Waals surface area contributed by atoms with E-state index in [1.54, 1.807) is 12.3 Å². The van der Waals surface area contributed by atoms with E-state index in [-0.39, 0.29) is 0 Å². The molecule has 0 bridgehead atoms. The van der Waals surface area contributed by atoms with Crippen LogP contribution in [-0.4, -0.2) is 5.16 Å². The molecule has 0 spiro atoms. The molecule has 0 aliphatic rings. The third kappa shape index (κ3) is 1.25. The molecule has 0 aromatic carbocycles.